The molecule has 0 aromatic heterocycles. The van der Waals surface area contributed by atoms with Gasteiger partial charge in [-0.1, -0.05) is 52.0 Å². The molecule has 1 aromatic rings. The van der Waals surface area contributed by atoms with Crippen LogP contribution in [0.5, 0.6) is 0 Å². The van der Waals surface area contributed by atoms with Crippen molar-refractivity contribution in [3.8, 4) is 0 Å². The highest BCUT2D eigenvalue weighted by Crippen LogP contribution is 2.13. The number of hydrogen-bond acceptors (Lipinski definition) is 7. The molecule has 130 valence electrons. The van der Waals surface area contributed by atoms with Gasteiger partial charge in [0.2, 0.25) is 0 Å². The predicted octanol–water partition coefficient (Wildman–Crippen LogP) is 2.50. The minimum atomic E-state index is 0.253. The summed E-state index contributed by atoms with van der Waals surface area (Å²) in [5.74, 6) is 0. The van der Waals surface area contributed by atoms with Crippen molar-refractivity contribution in [1.29, 1.82) is 0 Å². The Morgan fingerprint density at radius 1 is 1.04 bits per heavy atom. The van der Waals surface area contributed by atoms with E-state index >= 15 is 0 Å². The molecule has 0 atom stereocenters. The van der Waals surface area contributed by atoms with E-state index < -0.39 is 0 Å². The first kappa shape index (κ1) is 19.6. The van der Waals surface area contributed by atoms with Crippen molar-refractivity contribution in [3.63, 3.8) is 0 Å². The molecule has 8 heteroatoms. The third-order valence-corrected chi connectivity index (χ3v) is 3.47. The number of nitrogens with zero attached hydrogens (tertiary/aromatic N) is 3. The molecule has 0 saturated heterocycles. The van der Waals surface area contributed by atoms with E-state index in [1.54, 1.807) is 20.9 Å². The molecule has 0 radical (unpaired) electrons. The summed E-state index contributed by atoms with van der Waals surface area (Å²) >= 11 is 5.28. The topological polar surface area (TPSA) is 76.8 Å². The maximum Gasteiger partial charge on any atom is 0.144 e. The Balaban J connectivity index is 2.99. The van der Waals surface area contributed by atoms with E-state index in [0.717, 1.165) is 11.1 Å². The molecule has 0 aliphatic heterocycles. The average molecular weight is 350 g/mol. The minimum absolute atomic E-state index is 0.253. The summed E-state index contributed by atoms with van der Waals surface area (Å²) in [6.07, 6.45) is 0. The lowest BCUT2D eigenvalue weighted by Gasteiger charge is -2.11. The SMILES string of the molecule is CNC(=S)/C(=N/OC)c1ccccc1CO/N=C(C)/C(C)=N/OC. The van der Waals surface area contributed by atoms with Crippen LogP contribution in [0.4, 0.5) is 0 Å². The van der Waals surface area contributed by atoms with Gasteiger partial charge in [-0.2, -0.15) is 0 Å². The average Bonchev–Trinajstić information content (AvgIpc) is 2.59. The van der Waals surface area contributed by atoms with Crippen LogP contribution >= 0.6 is 12.2 Å². The lowest BCUT2D eigenvalue weighted by atomic mass is 10.0. The Morgan fingerprint density at radius 3 is 2.29 bits per heavy atom. The maximum absolute atomic E-state index is 5.42. The largest absolute Gasteiger partial charge is 0.399 e. The van der Waals surface area contributed by atoms with Crippen LogP contribution in [-0.4, -0.2) is 43.4 Å². The van der Waals surface area contributed by atoms with Crippen LogP contribution in [-0.2, 0) is 21.1 Å². The fourth-order valence-corrected chi connectivity index (χ4v) is 1.91. The van der Waals surface area contributed by atoms with Gasteiger partial charge in [0.1, 0.15) is 43.0 Å². The van der Waals surface area contributed by atoms with Crippen LogP contribution in [0, 0.1) is 0 Å². The van der Waals surface area contributed by atoms with Gasteiger partial charge in [-0.05, 0) is 13.8 Å². The van der Waals surface area contributed by atoms with Crippen LogP contribution in [0.1, 0.15) is 25.0 Å². The van der Waals surface area contributed by atoms with Crippen molar-refractivity contribution in [1.82, 2.24) is 5.32 Å². The highest BCUT2D eigenvalue weighted by Gasteiger charge is 2.14. The fraction of sp³-hybridized carbons (Fsp3) is 0.375. The summed E-state index contributed by atoms with van der Waals surface area (Å²) in [4.78, 5) is 15.5. The molecule has 0 aliphatic rings. The van der Waals surface area contributed by atoms with Gasteiger partial charge in [-0.3, -0.25) is 0 Å². The summed E-state index contributed by atoms with van der Waals surface area (Å²) in [5, 5.41) is 14.7. The lowest BCUT2D eigenvalue weighted by Crippen LogP contribution is -2.27. The Morgan fingerprint density at radius 2 is 1.67 bits per heavy atom. The molecular weight excluding hydrogens is 328 g/mol. The second-order valence-electron chi connectivity index (χ2n) is 4.67. The van der Waals surface area contributed by atoms with Gasteiger partial charge in [0.05, 0.1) is 0 Å². The number of rotatable bonds is 8. The Bertz CT molecular complexity index is 656. The quantitative estimate of drug-likeness (QED) is 0.443. The summed E-state index contributed by atoms with van der Waals surface area (Å²) in [5.41, 5.74) is 3.50. The highest BCUT2D eigenvalue weighted by molar-refractivity contribution is 7.82. The molecule has 24 heavy (non-hydrogen) atoms. The van der Waals surface area contributed by atoms with Crippen molar-refractivity contribution < 1.29 is 14.5 Å². The number of likely N-dealkylation sites (N-methyl/N-ethyl adjacent to an activating group) is 1. The lowest BCUT2D eigenvalue weighted by molar-refractivity contribution is 0.130. The van der Waals surface area contributed by atoms with Crippen LogP contribution in [0.15, 0.2) is 39.7 Å². The van der Waals surface area contributed by atoms with Gasteiger partial charge in [-0.25, -0.2) is 0 Å². The van der Waals surface area contributed by atoms with E-state index in [-0.39, 0.29) is 6.61 Å². The normalized spacial score (nSPS) is 12.6. The molecule has 0 spiro atoms. The second kappa shape index (κ2) is 10.3. The van der Waals surface area contributed by atoms with E-state index in [1.807, 2.05) is 24.3 Å². The van der Waals surface area contributed by atoms with Crippen molar-refractivity contribution in [2.45, 2.75) is 20.5 Å². The molecule has 0 fully saturated rings. The number of nitrogens with one attached hydrogen (secondary N) is 1. The third kappa shape index (κ3) is 5.62. The molecule has 0 heterocycles. The summed E-state index contributed by atoms with van der Waals surface area (Å²) < 4.78 is 0. The Labute approximate surface area is 147 Å². The van der Waals surface area contributed by atoms with Crippen molar-refractivity contribution >= 4 is 34.3 Å². The summed E-state index contributed by atoms with van der Waals surface area (Å²) in [6.45, 7) is 3.83. The fourth-order valence-electron chi connectivity index (χ4n) is 1.77. The van der Waals surface area contributed by atoms with Crippen LogP contribution in [0.25, 0.3) is 0 Å². The van der Waals surface area contributed by atoms with Crippen molar-refractivity contribution in [3.05, 3.63) is 35.4 Å². The first-order valence-corrected chi connectivity index (χ1v) is 7.62. The monoisotopic (exact) mass is 350 g/mol. The molecule has 0 aliphatic carbocycles. The van der Waals surface area contributed by atoms with Gasteiger partial charge in [-0.15, -0.1) is 0 Å². The smallest absolute Gasteiger partial charge is 0.144 e. The van der Waals surface area contributed by atoms with E-state index in [0.29, 0.717) is 22.1 Å². The Kier molecular flexibility index (Phi) is 8.42. The van der Waals surface area contributed by atoms with E-state index in [9.17, 15) is 0 Å². The zero-order chi connectivity index (χ0) is 17.9. The predicted molar refractivity (Wildman–Crippen MR) is 99.7 cm³/mol. The van der Waals surface area contributed by atoms with Crippen molar-refractivity contribution in [2.75, 3.05) is 21.3 Å². The van der Waals surface area contributed by atoms with E-state index in [2.05, 4.69) is 20.8 Å². The van der Waals surface area contributed by atoms with E-state index in [4.69, 9.17) is 26.7 Å². The number of oxime groups is 3. The molecule has 0 amide bonds. The second-order valence-corrected chi connectivity index (χ2v) is 5.08. The molecule has 1 N–H and O–H groups in total. The summed E-state index contributed by atoms with van der Waals surface area (Å²) in [6, 6.07) is 7.61. The molecule has 0 saturated carbocycles. The van der Waals surface area contributed by atoms with Crippen molar-refractivity contribution in [2.24, 2.45) is 15.5 Å². The molecule has 0 unspecified atom stereocenters. The molecule has 1 aromatic carbocycles. The maximum atomic E-state index is 5.42. The third-order valence-electron chi connectivity index (χ3n) is 3.07. The van der Waals surface area contributed by atoms with Crippen LogP contribution in [0.2, 0.25) is 0 Å². The van der Waals surface area contributed by atoms with Gasteiger partial charge in [0.25, 0.3) is 0 Å². The van der Waals surface area contributed by atoms with Gasteiger partial charge < -0.3 is 19.8 Å². The number of benzene rings is 1. The zero-order valence-electron chi connectivity index (χ0n) is 14.5. The number of hydrogen-bond donors (Lipinski definition) is 1. The first-order chi connectivity index (χ1) is 11.5. The Hall–Kier alpha value is -2.48. The number of thiocarbonyl (C=S) groups is 1. The zero-order valence-corrected chi connectivity index (χ0v) is 15.3. The van der Waals surface area contributed by atoms with Gasteiger partial charge in [0, 0.05) is 18.2 Å². The van der Waals surface area contributed by atoms with Crippen LogP contribution < -0.4 is 5.32 Å². The standard InChI is InChI=1S/C16H22N4O3S/c1-11(18-21-4)12(2)19-23-10-13-8-6-7-9-14(13)15(20-22-5)16(24)17-3/h6-9H,10H2,1-5H3,(H,17,24)/b18-11+,19-12+,20-15+. The van der Waals surface area contributed by atoms with Gasteiger partial charge >= 0.3 is 0 Å². The molecule has 7 nitrogen and oxygen atoms in total. The van der Waals surface area contributed by atoms with Crippen LogP contribution in [0.3, 0.4) is 0 Å². The van der Waals surface area contributed by atoms with Gasteiger partial charge in [0.15, 0.2) is 0 Å². The minimum Gasteiger partial charge on any atom is -0.399 e. The summed E-state index contributed by atoms with van der Waals surface area (Å²) in [7, 11) is 4.69. The molecule has 0 bridgehead atoms. The molecule has 1 rings (SSSR count). The molecular formula is C16H22N4O3S. The highest BCUT2D eigenvalue weighted by atomic mass is 32.1. The van der Waals surface area contributed by atoms with E-state index in [1.165, 1.54) is 14.2 Å². The first-order valence-electron chi connectivity index (χ1n) is 7.21.